The smallest absolute Gasteiger partial charge is 0.328 e. The molecule has 1 amide bonds. The Labute approximate surface area is 110 Å². The first kappa shape index (κ1) is 13.1. The van der Waals surface area contributed by atoms with Crippen LogP contribution in [0.15, 0.2) is 30.4 Å². The number of fused-ring (bicyclic) bond motifs is 1. The second-order valence-corrected chi connectivity index (χ2v) is 4.24. The minimum atomic E-state index is -1.14. The molecule has 19 heavy (non-hydrogen) atoms. The topological polar surface area (TPSA) is 75.6 Å². The van der Waals surface area contributed by atoms with Crippen LogP contribution in [0.3, 0.4) is 0 Å². The van der Waals surface area contributed by atoms with Gasteiger partial charge in [-0.2, -0.15) is 0 Å². The second-order valence-electron chi connectivity index (χ2n) is 4.24. The van der Waals surface area contributed by atoms with Crippen LogP contribution >= 0.6 is 0 Å². The highest BCUT2D eigenvalue weighted by Crippen LogP contribution is 2.26. The van der Waals surface area contributed by atoms with Crippen molar-refractivity contribution in [2.45, 2.75) is 12.8 Å². The van der Waals surface area contributed by atoms with Gasteiger partial charge < -0.3 is 15.2 Å². The molecule has 2 N–H and O–H groups in total. The summed E-state index contributed by atoms with van der Waals surface area (Å²) in [5.41, 5.74) is 2.70. The summed E-state index contributed by atoms with van der Waals surface area (Å²) in [6, 6.07) is 6.00. The molecule has 5 nitrogen and oxygen atoms in total. The fourth-order valence-corrected chi connectivity index (χ4v) is 1.81. The summed E-state index contributed by atoms with van der Waals surface area (Å²) >= 11 is 0. The maximum atomic E-state index is 11.1. The zero-order chi connectivity index (χ0) is 13.7. The lowest BCUT2D eigenvalue weighted by atomic mass is 9.89. The Morgan fingerprint density at radius 3 is 2.68 bits per heavy atom. The van der Waals surface area contributed by atoms with Crippen LogP contribution < -0.4 is 10.1 Å². The number of aryl methyl sites for hydroxylation is 2. The van der Waals surface area contributed by atoms with Crippen molar-refractivity contribution in [3.63, 3.8) is 0 Å². The lowest BCUT2D eigenvalue weighted by Crippen LogP contribution is -2.26. The Morgan fingerprint density at radius 2 is 2.05 bits per heavy atom. The maximum Gasteiger partial charge on any atom is 0.328 e. The third-order valence-corrected chi connectivity index (χ3v) is 2.89. The van der Waals surface area contributed by atoms with Crippen molar-refractivity contribution in [1.29, 1.82) is 0 Å². The van der Waals surface area contributed by atoms with Gasteiger partial charge in [0.15, 0.2) is 0 Å². The van der Waals surface area contributed by atoms with Gasteiger partial charge in [0, 0.05) is 12.2 Å². The van der Waals surface area contributed by atoms with Gasteiger partial charge in [-0.05, 0) is 36.1 Å². The van der Waals surface area contributed by atoms with Gasteiger partial charge in [-0.1, -0.05) is 6.07 Å². The maximum absolute atomic E-state index is 11.1. The number of carboxylic acids is 1. The second kappa shape index (κ2) is 6.04. The van der Waals surface area contributed by atoms with Crippen molar-refractivity contribution in [2.75, 3.05) is 13.2 Å². The fraction of sp³-hybridized carbons (Fsp3) is 0.286. The average Bonchev–Trinajstić information content (AvgIpc) is 2.35. The van der Waals surface area contributed by atoms with Crippen LogP contribution in [0.5, 0.6) is 5.75 Å². The molecule has 0 aliphatic heterocycles. The number of nitrogens with one attached hydrogen (secondary N) is 1. The highest BCUT2D eigenvalue weighted by atomic mass is 16.5. The zero-order valence-electron chi connectivity index (χ0n) is 10.4. The number of rotatable bonds is 6. The van der Waals surface area contributed by atoms with Gasteiger partial charge in [-0.15, -0.1) is 0 Å². The monoisotopic (exact) mass is 261 g/mol. The van der Waals surface area contributed by atoms with Crippen molar-refractivity contribution in [3.05, 3.63) is 41.5 Å². The van der Waals surface area contributed by atoms with Crippen molar-refractivity contribution in [1.82, 2.24) is 5.32 Å². The molecule has 0 saturated carbocycles. The SMILES string of the molecule is O=C(O)C=CC(=O)NCCOc1ccc2c(c1)CC2. The van der Waals surface area contributed by atoms with Gasteiger partial charge in [0.1, 0.15) is 12.4 Å². The van der Waals surface area contributed by atoms with E-state index in [1.54, 1.807) is 0 Å². The first-order valence-corrected chi connectivity index (χ1v) is 6.08. The van der Waals surface area contributed by atoms with E-state index in [0.29, 0.717) is 13.2 Å². The van der Waals surface area contributed by atoms with E-state index in [2.05, 4.69) is 11.4 Å². The number of carbonyl (C=O) groups is 2. The molecule has 1 aromatic carbocycles. The molecule has 0 atom stereocenters. The first-order valence-electron chi connectivity index (χ1n) is 6.08. The molecule has 1 aromatic rings. The third-order valence-electron chi connectivity index (χ3n) is 2.89. The molecule has 0 radical (unpaired) electrons. The number of carboxylic acid groups (broad SMARTS) is 1. The molecule has 0 saturated heterocycles. The standard InChI is InChI=1S/C14H15NO4/c16-13(5-6-14(17)18)15-7-8-19-12-4-3-10-1-2-11(10)9-12/h3-6,9H,1-2,7-8H2,(H,15,16)(H,17,18). The van der Waals surface area contributed by atoms with Crippen LogP contribution in [0.4, 0.5) is 0 Å². The van der Waals surface area contributed by atoms with Crippen molar-refractivity contribution in [2.24, 2.45) is 0 Å². The van der Waals surface area contributed by atoms with E-state index in [-0.39, 0.29) is 0 Å². The summed E-state index contributed by atoms with van der Waals surface area (Å²) in [5, 5.41) is 10.9. The molecule has 0 unspecified atom stereocenters. The largest absolute Gasteiger partial charge is 0.492 e. The lowest BCUT2D eigenvalue weighted by molar-refractivity contribution is -0.131. The summed E-state index contributed by atoms with van der Waals surface area (Å²) in [5.74, 6) is -0.787. The highest BCUT2D eigenvalue weighted by molar-refractivity contribution is 5.93. The van der Waals surface area contributed by atoms with Gasteiger partial charge in [-0.3, -0.25) is 4.79 Å². The van der Waals surface area contributed by atoms with Crippen molar-refractivity contribution < 1.29 is 19.4 Å². The number of amides is 1. The normalized spacial score (nSPS) is 12.6. The fourth-order valence-electron chi connectivity index (χ4n) is 1.81. The number of aliphatic carboxylic acids is 1. The number of hydrogen-bond donors (Lipinski definition) is 2. The first-order chi connectivity index (χ1) is 9.15. The molecule has 0 fully saturated rings. The Hall–Kier alpha value is -2.30. The van der Waals surface area contributed by atoms with Crippen molar-refractivity contribution in [3.8, 4) is 5.75 Å². The summed E-state index contributed by atoms with van der Waals surface area (Å²) in [4.78, 5) is 21.3. The van der Waals surface area contributed by atoms with E-state index in [0.717, 1.165) is 30.7 Å². The van der Waals surface area contributed by atoms with Crippen LogP contribution in [0, 0.1) is 0 Å². The van der Waals surface area contributed by atoms with Gasteiger partial charge in [-0.25, -0.2) is 4.79 Å². The minimum Gasteiger partial charge on any atom is -0.492 e. The molecule has 0 spiro atoms. The molecule has 0 aromatic heterocycles. The van der Waals surface area contributed by atoms with Crippen LogP contribution in [0.25, 0.3) is 0 Å². The Bertz CT molecular complexity index is 522. The molecule has 2 rings (SSSR count). The van der Waals surface area contributed by atoms with E-state index in [1.807, 2.05) is 12.1 Å². The summed E-state index contributed by atoms with van der Waals surface area (Å²) in [6.07, 6.45) is 4.02. The van der Waals surface area contributed by atoms with Crippen LogP contribution in [0.2, 0.25) is 0 Å². The molecule has 0 heterocycles. The lowest BCUT2D eigenvalue weighted by Gasteiger charge is -2.19. The van der Waals surface area contributed by atoms with Crippen LogP contribution in [-0.2, 0) is 22.4 Å². The minimum absolute atomic E-state index is 0.333. The van der Waals surface area contributed by atoms with E-state index in [1.165, 1.54) is 11.1 Å². The van der Waals surface area contributed by atoms with Gasteiger partial charge in [0.25, 0.3) is 0 Å². The molecule has 1 aliphatic rings. The number of ether oxygens (including phenoxy) is 1. The molecule has 100 valence electrons. The van der Waals surface area contributed by atoms with Gasteiger partial charge >= 0.3 is 5.97 Å². The Balaban J connectivity index is 1.67. The molecular weight excluding hydrogens is 246 g/mol. The van der Waals surface area contributed by atoms with Gasteiger partial charge in [0.05, 0.1) is 6.54 Å². The molecule has 0 bridgehead atoms. The summed E-state index contributed by atoms with van der Waals surface area (Å²) in [7, 11) is 0. The Kier molecular flexibility index (Phi) is 4.18. The van der Waals surface area contributed by atoms with E-state index < -0.39 is 11.9 Å². The summed E-state index contributed by atoms with van der Waals surface area (Å²) < 4.78 is 5.50. The number of hydrogen-bond acceptors (Lipinski definition) is 3. The summed E-state index contributed by atoms with van der Waals surface area (Å²) in [6.45, 7) is 0.686. The highest BCUT2D eigenvalue weighted by Gasteiger charge is 2.12. The third kappa shape index (κ3) is 3.84. The van der Waals surface area contributed by atoms with Crippen LogP contribution in [-0.4, -0.2) is 30.1 Å². The quantitative estimate of drug-likeness (QED) is 0.590. The average molecular weight is 261 g/mol. The number of carbonyl (C=O) groups excluding carboxylic acids is 1. The zero-order valence-corrected chi connectivity index (χ0v) is 10.4. The van der Waals surface area contributed by atoms with E-state index >= 15 is 0 Å². The molecule has 1 aliphatic carbocycles. The number of benzene rings is 1. The molecular formula is C14H15NO4. The van der Waals surface area contributed by atoms with Crippen molar-refractivity contribution >= 4 is 11.9 Å². The van der Waals surface area contributed by atoms with E-state index in [9.17, 15) is 9.59 Å². The predicted octanol–water partition coefficient (Wildman–Crippen LogP) is 0.921. The van der Waals surface area contributed by atoms with Crippen LogP contribution in [0.1, 0.15) is 11.1 Å². The predicted molar refractivity (Wildman–Crippen MR) is 69.1 cm³/mol. The van der Waals surface area contributed by atoms with Gasteiger partial charge in [0.2, 0.25) is 5.91 Å². The van der Waals surface area contributed by atoms with E-state index in [4.69, 9.17) is 9.84 Å². The molecule has 5 heteroatoms. The Morgan fingerprint density at radius 1 is 1.26 bits per heavy atom.